The number of hydrogen-bond donors (Lipinski definition) is 2. The Hall–Kier alpha value is -5.31. The molecule has 7 rings (SSSR count). The van der Waals surface area contributed by atoms with E-state index in [9.17, 15) is 24.3 Å². The van der Waals surface area contributed by atoms with Crippen LogP contribution in [-0.4, -0.2) is 58.1 Å². The molecular weight excluding hydrogens is 634 g/mol. The van der Waals surface area contributed by atoms with Crippen LogP contribution in [0.2, 0.25) is 0 Å². The molecule has 1 aliphatic heterocycles. The number of allylic oxidation sites excluding steroid dienone is 4. The van der Waals surface area contributed by atoms with Crippen molar-refractivity contribution in [3.05, 3.63) is 113 Å². The van der Waals surface area contributed by atoms with Crippen LogP contribution in [0.5, 0.6) is 11.5 Å². The fourth-order valence-electron chi connectivity index (χ4n) is 9.12. The average Bonchev–Trinajstić information content (AvgIpc) is 3.37. The number of ether oxygens (including phenoxy) is 1. The molecular formula is C41H39NO8. The third kappa shape index (κ3) is 5.27. The highest BCUT2D eigenvalue weighted by molar-refractivity contribution is 6.31. The van der Waals surface area contributed by atoms with Crippen LogP contribution in [0.4, 0.5) is 0 Å². The molecule has 4 aliphatic rings. The number of likely N-dealkylation sites (tertiary alicyclic amines) is 1. The van der Waals surface area contributed by atoms with Gasteiger partial charge in [-0.3, -0.25) is 28.9 Å². The number of carbonyl (C=O) groups is 5. The minimum atomic E-state index is -1.45. The summed E-state index contributed by atoms with van der Waals surface area (Å²) in [5, 5.41) is 20.5. The Morgan fingerprint density at radius 2 is 1.62 bits per heavy atom. The van der Waals surface area contributed by atoms with Crippen LogP contribution < -0.4 is 4.74 Å². The van der Waals surface area contributed by atoms with Gasteiger partial charge in [0, 0.05) is 35.9 Å². The van der Waals surface area contributed by atoms with E-state index in [2.05, 4.69) is 0 Å². The molecule has 0 bridgehead atoms. The molecule has 1 saturated carbocycles. The molecule has 1 heterocycles. The highest BCUT2D eigenvalue weighted by atomic mass is 16.5. The number of nitrogens with zero attached hydrogens (tertiary/aromatic N) is 1. The van der Waals surface area contributed by atoms with Gasteiger partial charge in [0.05, 0.1) is 24.4 Å². The molecule has 3 aromatic rings. The molecule has 9 nitrogen and oxygen atoms in total. The van der Waals surface area contributed by atoms with Crippen molar-refractivity contribution < 1.29 is 38.9 Å². The number of phenolic OH excluding ortho intramolecular Hbond substituents is 1. The Morgan fingerprint density at radius 1 is 0.900 bits per heavy atom. The molecule has 2 fully saturated rings. The first-order valence-corrected chi connectivity index (χ1v) is 17.2. The van der Waals surface area contributed by atoms with Crippen molar-refractivity contribution in [2.75, 3.05) is 13.7 Å². The lowest BCUT2D eigenvalue weighted by Gasteiger charge is -2.55. The van der Waals surface area contributed by atoms with Gasteiger partial charge < -0.3 is 14.9 Å². The zero-order valence-electron chi connectivity index (χ0n) is 27.8. The van der Waals surface area contributed by atoms with Crippen LogP contribution in [0.25, 0.3) is 5.57 Å². The highest BCUT2D eigenvalue weighted by Gasteiger charge is 2.66. The van der Waals surface area contributed by atoms with Crippen LogP contribution in [0.3, 0.4) is 0 Å². The molecule has 3 aliphatic carbocycles. The zero-order chi connectivity index (χ0) is 35.2. The van der Waals surface area contributed by atoms with Gasteiger partial charge in [-0.1, -0.05) is 78.7 Å². The van der Waals surface area contributed by atoms with Crippen LogP contribution in [0.1, 0.15) is 61.1 Å². The van der Waals surface area contributed by atoms with Crippen LogP contribution >= 0.6 is 0 Å². The number of rotatable bonds is 10. The summed E-state index contributed by atoms with van der Waals surface area (Å²) in [4.78, 5) is 70.4. The summed E-state index contributed by atoms with van der Waals surface area (Å²) in [7, 11) is 1.52. The first kappa shape index (κ1) is 33.2. The monoisotopic (exact) mass is 673 g/mol. The largest absolute Gasteiger partial charge is 0.508 e. The van der Waals surface area contributed by atoms with Crippen molar-refractivity contribution in [1.82, 2.24) is 4.90 Å². The summed E-state index contributed by atoms with van der Waals surface area (Å²) in [6.45, 7) is 0.197. The number of imide groups is 1. The summed E-state index contributed by atoms with van der Waals surface area (Å²) in [5.41, 5.74) is 1.28. The number of ketones is 2. The van der Waals surface area contributed by atoms with Gasteiger partial charge in [-0.25, -0.2) is 0 Å². The van der Waals surface area contributed by atoms with E-state index in [0.29, 0.717) is 47.3 Å². The average molecular weight is 674 g/mol. The SMILES string of the molecule is COc1ccc(O)c([C@H]2C3=CC[C@@H]4C(=O)N(CCCCCC(=O)O)C(=O)[C@@H]4[C@@H]3C[C@H]3C(=O)C(c4ccccc4)=CC(=O)[C@@]23c2ccccc2)c1. The predicted octanol–water partition coefficient (Wildman–Crippen LogP) is 5.87. The van der Waals surface area contributed by atoms with Gasteiger partial charge in [-0.15, -0.1) is 0 Å². The molecule has 2 N–H and O–H groups in total. The van der Waals surface area contributed by atoms with Crippen molar-refractivity contribution in [2.45, 2.75) is 49.9 Å². The summed E-state index contributed by atoms with van der Waals surface area (Å²) in [6, 6.07) is 23.2. The first-order chi connectivity index (χ1) is 24.2. The Balaban J connectivity index is 1.39. The Bertz CT molecular complexity index is 1930. The number of Topliss-reactive ketones (excluding diaryl/α,β-unsaturated/α-hetero) is 1. The third-order valence-corrected chi connectivity index (χ3v) is 11.3. The number of unbranched alkanes of at least 4 members (excludes halogenated alkanes) is 2. The Labute approximate surface area is 290 Å². The maximum atomic E-state index is 15.1. The van der Waals surface area contributed by atoms with E-state index < -0.39 is 41.0 Å². The molecule has 1 saturated heterocycles. The minimum Gasteiger partial charge on any atom is -0.508 e. The molecule has 0 radical (unpaired) electrons. The number of benzene rings is 3. The number of carboxylic acids is 1. The lowest BCUT2D eigenvalue weighted by atomic mass is 9.44. The number of carboxylic acid groups (broad SMARTS) is 1. The Kier molecular flexibility index (Phi) is 8.76. The fourth-order valence-corrected chi connectivity index (χ4v) is 9.12. The summed E-state index contributed by atoms with van der Waals surface area (Å²) in [6.07, 6.45) is 5.40. The number of carbonyl (C=O) groups excluding carboxylic acids is 4. The second-order valence-electron chi connectivity index (χ2n) is 13.7. The number of methoxy groups -OCH3 is 1. The predicted molar refractivity (Wildman–Crippen MR) is 184 cm³/mol. The Morgan fingerprint density at radius 3 is 2.32 bits per heavy atom. The van der Waals surface area contributed by atoms with Crippen LogP contribution in [0, 0.1) is 23.7 Å². The van der Waals surface area contributed by atoms with Gasteiger partial charge in [0.1, 0.15) is 11.5 Å². The molecule has 0 unspecified atom stereocenters. The lowest BCUT2D eigenvalue weighted by Crippen LogP contribution is -2.58. The van der Waals surface area contributed by atoms with Crippen molar-refractivity contribution >= 4 is 34.9 Å². The van der Waals surface area contributed by atoms with Gasteiger partial charge in [0.2, 0.25) is 11.8 Å². The molecule has 0 aromatic heterocycles. The van der Waals surface area contributed by atoms with E-state index in [1.807, 2.05) is 54.6 Å². The number of fused-ring (bicyclic) bond motifs is 4. The normalized spacial score (nSPS) is 27.2. The molecule has 256 valence electrons. The second kappa shape index (κ2) is 13.2. The maximum absolute atomic E-state index is 15.1. The minimum absolute atomic E-state index is 0.0255. The summed E-state index contributed by atoms with van der Waals surface area (Å²) >= 11 is 0. The highest BCUT2D eigenvalue weighted by Crippen LogP contribution is 2.64. The van der Waals surface area contributed by atoms with Crippen molar-refractivity contribution in [3.63, 3.8) is 0 Å². The van der Waals surface area contributed by atoms with E-state index in [0.717, 1.165) is 5.57 Å². The van der Waals surface area contributed by atoms with Gasteiger partial charge in [0.25, 0.3) is 0 Å². The molecule has 6 atom stereocenters. The van der Waals surface area contributed by atoms with Crippen molar-refractivity contribution in [3.8, 4) is 11.5 Å². The number of aliphatic carboxylic acids is 1. The van der Waals surface area contributed by atoms with Gasteiger partial charge in [0.15, 0.2) is 11.6 Å². The third-order valence-electron chi connectivity index (χ3n) is 11.3. The number of amides is 2. The first-order valence-electron chi connectivity index (χ1n) is 17.2. The van der Waals surface area contributed by atoms with E-state index in [1.54, 1.807) is 24.3 Å². The molecule has 0 spiro atoms. The molecule has 9 heteroatoms. The van der Waals surface area contributed by atoms with E-state index in [4.69, 9.17) is 9.84 Å². The van der Waals surface area contributed by atoms with E-state index in [1.165, 1.54) is 24.2 Å². The van der Waals surface area contributed by atoms with Gasteiger partial charge in [-0.2, -0.15) is 0 Å². The second-order valence-corrected chi connectivity index (χ2v) is 13.7. The molecule has 2 amide bonds. The van der Waals surface area contributed by atoms with Gasteiger partial charge >= 0.3 is 5.97 Å². The summed E-state index contributed by atoms with van der Waals surface area (Å²) in [5.74, 6) is -5.20. The fraction of sp³-hybridized carbons (Fsp3) is 0.341. The van der Waals surface area contributed by atoms with Crippen molar-refractivity contribution in [2.24, 2.45) is 23.7 Å². The number of hydrogen-bond acceptors (Lipinski definition) is 7. The molecule has 3 aromatic carbocycles. The standard InChI is InChI=1S/C41H39NO8/c1-50-26-16-19-33(43)31(21-26)37-27-17-18-28-36(40(49)42(39(28)48)20-10-4-9-15-35(45)46)30(27)22-32-38(47)29(24-11-5-2-6-12-24)23-34(44)41(32,37)25-13-7-3-8-14-25/h2-3,5-8,11-14,16-17,19,21,23,28,30,32,36-37,43H,4,9-10,15,18,20,22H2,1H3,(H,45,46)/t28-,30+,32-,36-,37+,41-/m0/s1. The van der Waals surface area contributed by atoms with Crippen molar-refractivity contribution in [1.29, 1.82) is 0 Å². The van der Waals surface area contributed by atoms with E-state index >= 15 is 4.79 Å². The van der Waals surface area contributed by atoms with Crippen LogP contribution in [0.15, 0.2) is 96.6 Å². The summed E-state index contributed by atoms with van der Waals surface area (Å²) < 4.78 is 5.58. The smallest absolute Gasteiger partial charge is 0.303 e. The maximum Gasteiger partial charge on any atom is 0.303 e. The topological polar surface area (TPSA) is 138 Å². The number of phenols is 1. The van der Waals surface area contributed by atoms with E-state index in [-0.39, 0.29) is 54.9 Å². The zero-order valence-corrected chi connectivity index (χ0v) is 27.8. The number of aromatic hydroxyl groups is 1. The lowest BCUT2D eigenvalue weighted by molar-refractivity contribution is -0.141. The van der Waals surface area contributed by atoms with Gasteiger partial charge in [-0.05, 0) is 67.0 Å². The quantitative estimate of drug-likeness (QED) is 0.155. The van der Waals surface area contributed by atoms with Crippen LogP contribution in [-0.2, 0) is 29.4 Å². The molecule has 50 heavy (non-hydrogen) atoms.